The van der Waals surface area contributed by atoms with Crippen molar-refractivity contribution in [3.8, 4) is 0 Å². The Labute approximate surface area is 124 Å². The van der Waals surface area contributed by atoms with Crippen molar-refractivity contribution in [2.45, 2.75) is 30.8 Å². The molecule has 4 N–H and O–H groups in total. The van der Waals surface area contributed by atoms with E-state index in [0.29, 0.717) is 29.4 Å². The highest BCUT2D eigenvalue weighted by molar-refractivity contribution is 7.89. The zero-order valence-corrected chi connectivity index (χ0v) is 12.6. The lowest BCUT2D eigenvalue weighted by Gasteiger charge is -2.10. The van der Waals surface area contributed by atoms with E-state index in [9.17, 15) is 8.42 Å². The zero-order valence-electron chi connectivity index (χ0n) is 11.8. The number of sulfonamides is 1. The van der Waals surface area contributed by atoms with Crippen LogP contribution >= 0.6 is 0 Å². The fraction of sp³-hybridized carbons (Fsp3) is 0.357. The van der Waals surface area contributed by atoms with Gasteiger partial charge in [0.05, 0.1) is 11.6 Å². The number of nitrogens with two attached hydrogens (primary N) is 1. The van der Waals surface area contributed by atoms with Crippen LogP contribution in [0.4, 0.5) is 5.69 Å². The van der Waals surface area contributed by atoms with E-state index in [1.54, 1.807) is 25.1 Å². The maximum absolute atomic E-state index is 12.3. The molecular formula is C14H19N3O3S. The van der Waals surface area contributed by atoms with Gasteiger partial charge in [-0.05, 0) is 44.0 Å². The molecule has 0 spiro atoms. The maximum atomic E-state index is 12.3. The summed E-state index contributed by atoms with van der Waals surface area (Å²) in [5.41, 5.74) is 6.69. The first kappa shape index (κ1) is 15.7. The third-order valence-electron chi connectivity index (χ3n) is 3.15. The second kappa shape index (κ2) is 6.38. The van der Waals surface area contributed by atoms with Gasteiger partial charge in [0, 0.05) is 23.8 Å². The van der Waals surface area contributed by atoms with Crippen LogP contribution in [0, 0.1) is 0 Å². The van der Waals surface area contributed by atoms with Crippen LogP contribution in [0.5, 0.6) is 0 Å². The van der Waals surface area contributed by atoms with Gasteiger partial charge in [-0.1, -0.05) is 0 Å². The second-order valence-corrected chi connectivity index (χ2v) is 6.68. The first-order chi connectivity index (χ1) is 9.92. The Morgan fingerprint density at radius 2 is 2.14 bits per heavy atom. The summed E-state index contributed by atoms with van der Waals surface area (Å²) in [6, 6.07) is 6.48. The monoisotopic (exact) mass is 309 g/mol. The third-order valence-corrected chi connectivity index (χ3v) is 4.64. The summed E-state index contributed by atoms with van der Waals surface area (Å²) < 4.78 is 27.2. The van der Waals surface area contributed by atoms with Gasteiger partial charge in [-0.2, -0.15) is 0 Å². The molecule has 0 aliphatic heterocycles. The standard InChI is InChI=1S/C14H19N3O3S/c1-10(18)4-2-9-17-21(19,20)13-7-6-12(15)11-5-3-8-16-14(11)13/h3,5-8,10,17-18H,2,4,9,15H2,1H3. The number of benzene rings is 1. The third kappa shape index (κ3) is 3.69. The van der Waals surface area contributed by atoms with Crippen molar-refractivity contribution in [2.24, 2.45) is 0 Å². The molecule has 0 aliphatic carbocycles. The van der Waals surface area contributed by atoms with Crippen molar-refractivity contribution in [1.82, 2.24) is 9.71 Å². The Kier molecular flexibility index (Phi) is 4.76. The molecule has 6 nitrogen and oxygen atoms in total. The predicted octanol–water partition coefficient (Wildman–Crippen LogP) is 1.26. The summed E-state index contributed by atoms with van der Waals surface area (Å²) in [6.07, 6.45) is 2.21. The smallest absolute Gasteiger partial charge is 0.242 e. The molecule has 0 saturated carbocycles. The lowest BCUT2D eigenvalue weighted by atomic mass is 10.2. The molecule has 21 heavy (non-hydrogen) atoms. The minimum atomic E-state index is -3.65. The van der Waals surface area contributed by atoms with E-state index in [-0.39, 0.29) is 11.4 Å². The highest BCUT2D eigenvalue weighted by Crippen LogP contribution is 2.25. The number of aliphatic hydroxyl groups excluding tert-OH is 1. The molecule has 7 heteroatoms. The van der Waals surface area contributed by atoms with E-state index in [1.807, 2.05) is 0 Å². The van der Waals surface area contributed by atoms with Crippen LogP contribution in [0.3, 0.4) is 0 Å². The second-order valence-electron chi connectivity index (χ2n) is 4.94. The number of rotatable bonds is 6. The molecule has 1 atom stereocenters. The van der Waals surface area contributed by atoms with Gasteiger partial charge in [0.2, 0.25) is 10.0 Å². The number of anilines is 1. The van der Waals surface area contributed by atoms with E-state index >= 15 is 0 Å². The molecule has 0 bridgehead atoms. The fourth-order valence-electron chi connectivity index (χ4n) is 2.07. The number of aliphatic hydroxyl groups is 1. The molecule has 0 aliphatic rings. The molecule has 1 heterocycles. The summed E-state index contributed by atoms with van der Waals surface area (Å²) in [5, 5.41) is 9.78. The van der Waals surface area contributed by atoms with E-state index in [2.05, 4.69) is 9.71 Å². The van der Waals surface area contributed by atoms with Crippen LogP contribution in [0.1, 0.15) is 19.8 Å². The van der Waals surface area contributed by atoms with Gasteiger partial charge in [0.15, 0.2) is 0 Å². The lowest BCUT2D eigenvalue weighted by Crippen LogP contribution is -2.25. The Morgan fingerprint density at radius 3 is 2.86 bits per heavy atom. The maximum Gasteiger partial charge on any atom is 0.242 e. The van der Waals surface area contributed by atoms with Crippen molar-refractivity contribution in [1.29, 1.82) is 0 Å². The number of hydrogen-bond donors (Lipinski definition) is 3. The molecule has 1 unspecified atom stereocenters. The van der Waals surface area contributed by atoms with Crippen molar-refractivity contribution >= 4 is 26.6 Å². The quantitative estimate of drug-likeness (QED) is 0.550. The van der Waals surface area contributed by atoms with Crippen molar-refractivity contribution in [2.75, 3.05) is 12.3 Å². The summed E-state index contributed by atoms with van der Waals surface area (Å²) in [6.45, 7) is 1.94. The minimum absolute atomic E-state index is 0.115. The summed E-state index contributed by atoms with van der Waals surface area (Å²) in [4.78, 5) is 4.24. The Hall–Kier alpha value is -1.70. The Bertz CT molecular complexity index is 729. The minimum Gasteiger partial charge on any atom is -0.398 e. The highest BCUT2D eigenvalue weighted by atomic mass is 32.2. The van der Waals surface area contributed by atoms with Gasteiger partial charge in [-0.3, -0.25) is 4.98 Å². The Morgan fingerprint density at radius 1 is 1.38 bits per heavy atom. The number of nitrogens with one attached hydrogen (secondary N) is 1. The molecular weight excluding hydrogens is 290 g/mol. The summed E-state index contributed by atoms with van der Waals surface area (Å²) >= 11 is 0. The molecule has 2 rings (SSSR count). The van der Waals surface area contributed by atoms with E-state index in [4.69, 9.17) is 10.8 Å². The summed E-state index contributed by atoms with van der Waals surface area (Å²) in [5.74, 6) is 0. The van der Waals surface area contributed by atoms with Gasteiger partial charge in [0.25, 0.3) is 0 Å². The lowest BCUT2D eigenvalue weighted by molar-refractivity contribution is 0.182. The number of nitrogens with zero attached hydrogens (tertiary/aromatic N) is 1. The van der Waals surface area contributed by atoms with Crippen LogP contribution < -0.4 is 10.5 Å². The van der Waals surface area contributed by atoms with Gasteiger partial charge >= 0.3 is 0 Å². The molecule has 114 valence electrons. The first-order valence-corrected chi connectivity index (χ1v) is 8.21. The molecule has 0 radical (unpaired) electrons. The molecule has 2 aromatic rings. The number of pyridine rings is 1. The van der Waals surface area contributed by atoms with Gasteiger partial charge in [-0.15, -0.1) is 0 Å². The average Bonchev–Trinajstić information content (AvgIpc) is 2.44. The van der Waals surface area contributed by atoms with Crippen LogP contribution in [0.2, 0.25) is 0 Å². The number of aromatic nitrogens is 1. The molecule has 1 aromatic carbocycles. The molecule has 1 aromatic heterocycles. The molecule has 0 fully saturated rings. The Balaban J connectivity index is 2.26. The predicted molar refractivity (Wildman–Crippen MR) is 82.3 cm³/mol. The number of fused-ring (bicyclic) bond motifs is 1. The van der Waals surface area contributed by atoms with Gasteiger partial charge in [-0.25, -0.2) is 13.1 Å². The normalized spacial score (nSPS) is 13.4. The SMILES string of the molecule is CC(O)CCCNS(=O)(=O)c1ccc(N)c2cccnc12. The molecule has 0 amide bonds. The van der Waals surface area contributed by atoms with Crippen molar-refractivity contribution < 1.29 is 13.5 Å². The average molecular weight is 309 g/mol. The van der Waals surface area contributed by atoms with Crippen molar-refractivity contribution in [3.63, 3.8) is 0 Å². The van der Waals surface area contributed by atoms with Crippen molar-refractivity contribution in [3.05, 3.63) is 30.5 Å². The zero-order chi connectivity index (χ0) is 15.5. The highest BCUT2D eigenvalue weighted by Gasteiger charge is 2.18. The fourth-order valence-corrected chi connectivity index (χ4v) is 3.30. The number of nitrogen functional groups attached to an aromatic ring is 1. The number of hydrogen-bond acceptors (Lipinski definition) is 5. The summed E-state index contributed by atoms with van der Waals surface area (Å²) in [7, 11) is -3.65. The van der Waals surface area contributed by atoms with Gasteiger partial charge in [0.1, 0.15) is 4.90 Å². The molecule has 0 saturated heterocycles. The van der Waals surface area contributed by atoms with E-state index < -0.39 is 16.1 Å². The van der Waals surface area contributed by atoms with Crippen LogP contribution in [0.15, 0.2) is 35.4 Å². The van der Waals surface area contributed by atoms with Crippen LogP contribution in [-0.4, -0.2) is 31.2 Å². The van der Waals surface area contributed by atoms with Gasteiger partial charge < -0.3 is 10.8 Å². The van der Waals surface area contributed by atoms with Crippen LogP contribution in [0.25, 0.3) is 10.9 Å². The van der Waals surface area contributed by atoms with E-state index in [1.165, 1.54) is 12.3 Å². The largest absolute Gasteiger partial charge is 0.398 e. The van der Waals surface area contributed by atoms with E-state index in [0.717, 1.165) is 0 Å². The topological polar surface area (TPSA) is 105 Å². The van der Waals surface area contributed by atoms with Crippen LogP contribution in [-0.2, 0) is 10.0 Å². The first-order valence-electron chi connectivity index (χ1n) is 6.73.